The van der Waals surface area contributed by atoms with Crippen LogP contribution in [0.2, 0.25) is 0 Å². The largest absolute Gasteiger partial charge is 0.294 e. The van der Waals surface area contributed by atoms with Crippen LogP contribution in [0.3, 0.4) is 0 Å². The van der Waals surface area contributed by atoms with Gasteiger partial charge in [0.05, 0.1) is 22.3 Å². The van der Waals surface area contributed by atoms with Crippen LogP contribution in [-0.4, -0.2) is 15.6 Å². The molecule has 1 aromatic heterocycles. The second-order valence-electron chi connectivity index (χ2n) is 4.19. The Kier molecular flexibility index (Phi) is 3.28. The molecule has 0 aromatic carbocycles. The van der Waals surface area contributed by atoms with Gasteiger partial charge in [0.2, 0.25) is 0 Å². The van der Waals surface area contributed by atoms with E-state index in [1.807, 2.05) is 14.0 Å². The Balaban J connectivity index is 2.17. The molecule has 0 aliphatic heterocycles. The molecule has 3 nitrogen and oxygen atoms in total. The number of carbonyl (C=O) groups is 1. The van der Waals surface area contributed by atoms with Crippen molar-refractivity contribution in [1.29, 1.82) is 0 Å². The standard InChI is InChI=1S/C12H15BrN2O/c1-8-12(13)10(15(2)14-8)7-11(16)9-5-3-4-6-9/h5H,3-4,6-7H2,1-2H3. The first-order valence-electron chi connectivity index (χ1n) is 5.50. The molecule has 16 heavy (non-hydrogen) atoms. The first-order chi connectivity index (χ1) is 7.59. The van der Waals surface area contributed by atoms with Crippen molar-refractivity contribution in [3.63, 3.8) is 0 Å². The summed E-state index contributed by atoms with van der Waals surface area (Å²) in [5.74, 6) is 0.237. The minimum Gasteiger partial charge on any atom is -0.294 e. The van der Waals surface area contributed by atoms with Gasteiger partial charge in [-0.3, -0.25) is 9.48 Å². The topological polar surface area (TPSA) is 34.9 Å². The van der Waals surface area contributed by atoms with Crippen molar-refractivity contribution in [3.05, 3.63) is 27.5 Å². The van der Waals surface area contributed by atoms with Gasteiger partial charge in [0, 0.05) is 7.05 Å². The van der Waals surface area contributed by atoms with Crippen LogP contribution in [0, 0.1) is 6.92 Å². The molecular formula is C12H15BrN2O. The zero-order chi connectivity index (χ0) is 11.7. The number of aryl methyl sites for hydroxylation is 2. The Morgan fingerprint density at radius 1 is 1.62 bits per heavy atom. The fourth-order valence-corrected chi connectivity index (χ4v) is 2.54. The number of aromatic nitrogens is 2. The Bertz CT molecular complexity index is 460. The fraction of sp³-hybridized carbons (Fsp3) is 0.500. The quantitative estimate of drug-likeness (QED) is 0.855. The lowest BCUT2D eigenvalue weighted by molar-refractivity contribution is -0.115. The minimum atomic E-state index is 0.237. The summed E-state index contributed by atoms with van der Waals surface area (Å²) in [4.78, 5) is 12.0. The SMILES string of the molecule is Cc1nn(C)c(CC(=O)C2=CCCC2)c1Br. The molecule has 0 saturated carbocycles. The molecule has 0 atom stereocenters. The number of hydrogen-bond donors (Lipinski definition) is 0. The number of carbonyl (C=O) groups excluding carboxylic acids is 1. The molecule has 86 valence electrons. The molecular weight excluding hydrogens is 268 g/mol. The van der Waals surface area contributed by atoms with E-state index in [4.69, 9.17) is 0 Å². The number of hydrogen-bond acceptors (Lipinski definition) is 2. The maximum absolute atomic E-state index is 12.0. The number of allylic oxidation sites excluding steroid dienone is 2. The van der Waals surface area contributed by atoms with E-state index in [-0.39, 0.29) is 5.78 Å². The highest BCUT2D eigenvalue weighted by Crippen LogP contribution is 2.24. The zero-order valence-corrected chi connectivity index (χ0v) is 11.2. The molecule has 1 heterocycles. The van der Waals surface area contributed by atoms with E-state index in [0.717, 1.165) is 40.7 Å². The summed E-state index contributed by atoms with van der Waals surface area (Å²) in [6.07, 6.45) is 5.62. The lowest BCUT2D eigenvalue weighted by Gasteiger charge is -2.03. The number of ketones is 1. The molecule has 1 aliphatic rings. The second kappa shape index (κ2) is 4.53. The van der Waals surface area contributed by atoms with Gasteiger partial charge in [-0.1, -0.05) is 6.08 Å². The van der Waals surface area contributed by atoms with Gasteiger partial charge in [0.25, 0.3) is 0 Å². The molecule has 2 rings (SSSR count). The monoisotopic (exact) mass is 282 g/mol. The number of rotatable bonds is 3. The molecule has 1 aromatic rings. The van der Waals surface area contributed by atoms with Gasteiger partial charge in [-0.15, -0.1) is 0 Å². The van der Waals surface area contributed by atoms with Crippen molar-refractivity contribution in [2.24, 2.45) is 7.05 Å². The van der Waals surface area contributed by atoms with E-state index >= 15 is 0 Å². The van der Waals surface area contributed by atoms with Gasteiger partial charge in [0.15, 0.2) is 5.78 Å². The smallest absolute Gasteiger partial charge is 0.164 e. The van der Waals surface area contributed by atoms with Gasteiger partial charge >= 0.3 is 0 Å². The van der Waals surface area contributed by atoms with Crippen LogP contribution in [-0.2, 0) is 18.3 Å². The summed E-state index contributed by atoms with van der Waals surface area (Å²) in [6, 6.07) is 0. The van der Waals surface area contributed by atoms with E-state index in [0.29, 0.717) is 6.42 Å². The molecule has 0 saturated heterocycles. The van der Waals surface area contributed by atoms with Crippen molar-refractivity contribution in [1.82, 2.24) is 9.78 Å². The number of nitrogens with zero attached hydrogens (tertiary/aromatic N) is 2. The Morgan fingerprint density at radius 3 is 2.88 bits per heavy atom. The van der Waals surface area contributed by atoms with Crippen molar-refractivity contribution in [3.8, 4) is 0 Å². The van der Waals surface area contributed by atoms with E-state index in [2.05, 4.69) is 27.1 Å². The summed E-state index contributed by atoms with van der Waals surface area (Å²) < 4.78 is 2.74. The highest BCUT2D eigenvalue weighted by atomic mass is 79.9. The summed E-state index contributed by atoms with van der Waals surface area (Å²) in [7, 11) is 1.88. The third kappa shape index (κ3) is 2.12. The van der Waals surface area contributed by atoms with E-state index < -0.39 is 0 Å². The Labute approximate surface area is 104 Å². The van der Waals surface area contributed by atoms with Crippen LogP contribution in [0.4, 0.5) is 0 Å². The lowest BCUT2D eigenvalue weighted by Crippen LogP contribution is -2.09. The van der Waals surface area contributed by atoms with Crippen molar-refractivity contribution >= 4 is 21.7 Å². The molecule has 0 amide bonds. The normalized spacial score (nSPS) is 15.3. The molecule has 0 fully saturated rings. The van der Waals surface area contributed by atoms with Crippen LogP contribution in [0.5, 0.6) is 0 Å². The van der Waals surface area contributed by atoms with Crippen molar-refractivity contribution < 1.29 is 4.79 Å². The summed E-state index contributed by atoms with van der Waals surface area (Å²) in [5, 5.41) is 4.29. The predicted molar refractivity (Wildman–Crippen MR) is 66.3 cm³/mol. The van der Waals surface area contributed by atoms with Crippen LogP contribution >= 0.6 is 15.9 Å². The average Bonchev–Trinajstić information content (AvgIpc) is 2.83. The molecule has 1 aliphatic carbocycles. The van der Waals surface area contributed by atoms with Gasteiger partial charge in [-0.25, -0.2) is 0 Å². The highest BCUT2D eigenvalue weighted by Gasteiger charge is 2.18. The number of halogens is 1. The maximum Gasteiger partial charge on any atom is 0.164 e. The average molecular weight is 283 g/mol. The molecule has 4 heteroatoms. The van der Waals surface area contributed by atoms with Crippen LogP contribution in [0.15, 0.2) is 16.1 Å². The van der Waals surface area contributed by atoms with E-state index in [1.54, 1.807) is 4.68 Å². The second-order valence-corrected chi connectivity index (χ2v) is 4.98. The molecule has 0 radical (unpaired) electrons. The van der Waals surface area contributed by atoms with E-state index in [1.165, 1.54) is 0 Å². The molecule has 0 spiro atoms. The third-order valence-corrected chi connectivity index (χ3v) is 4.02. The highest BCUT2D eigenvalue weighted by molar-refractivity contribution is 9.10. The number of Topliss-reactive ketones (excluding diaryl/α,β-unsaturated/α-hetero) is 1. The first kappa shape index (κ1) is 11.6. The van der Waals surface area contributed by atoms with Gasteiger partial charge in [-0.05, 0) is 47.7 Å². The fourth-order valence-electron chi connectivity index (χ4n) is 2.06. The summed E-state index contributed by atoms with van der Waals surface area (Å²) >= 11 is 3.48. The molecule has 0 N–H and O–H groups in total. The molecule has 0 unspecified atom stereocenters. The lowest BCUT2D eigenvalue weighted by atomic mass is 10.1. The zero-order valence-electron chi connectivity index (χ0n) is 9.59. The van der Waals surface area contributed by atoms with Crippen LogP contribution in [0.1, 0.15) is 30.7 Å². The third-order valence-electron chi connectivity index (χ3n) is 2.99. The van der Waals surface area contributed by atoms with Crippen molar-refractivity contribution in [2.45, 2.75) is 32.6 Å². The summed E-state index contributed by atoms with van der Waals surface area (Å²) in [6.45, 7) is 1.94. The summed E-state index contributed by atoms with van der Waals surface area (Å²) in [5.41, 5.74) is 2.90. The van der Waals surface area contributed by atoms with Gasteiger partial charge < -0.3 is 0 Å². The van der Waals surface area contributed by atoms with Crippen LogP contribution in [0.25, 0.3) is 0 Å². The first-order valence-corrected chi connectivity index (χ1v) is 6.29. The Morgan fingerprint density at radius 2 is 2.38 bits per heavy atom. The van der Waals surface area contributed by atoms with E-state index in [9.17, 15) is 4.79 Å². The van der Waals surface area contributed by atoms with Crippen molar-refractivity contribution in [2.75, 3.05) is 0 Å². The Hall–Kier alpha value is -0.900. The predicted octanol–water partition coefficient (Wildman–Crippen LogP) is 2.71. The van der Waals surface area contributed by atoms with Crippen LogP contribution < -0.4 is 0 Å². The molecule has 0 bridgehead atoms. The van der Waals surface area contributed by atoms with Gasteiger partial charge in [0.1, 0.15) is 0 Å². The maximum atomic E-state index is 12.0. The minimum absolute atomic E-state index is 0.237. The van der Waals surface area contributed by atoms with Gasteiger partial charge in [-0.2, -0.15) is 5.10 Å².